The van der Waals surface area contributed by atoms with Gasteiger partial charge in [-0.2, -0.15) is 0 Å². The van der Waals surface area contributed by atoms with E-state index in [0.29, 0.717) is 17.0 Å². The summed E-state index contributed by atoms with van der Waals surface area (Å²) in [5.41, 5.74) is 3.38. The van der Waals surface area contributed by atoms with Crippen LogP contribution in [0.25, 0.3) is 5.57 Å². The summed E-state index contributed by atoms with van der Waals surface area (Å²) in [6.07, 6.45) is 3.22. The summed E-state index contributed by atoms with van der Waals surface area (Å²) in [6.45, 7) is 3.56. The third kappa shape index (κ3) is 3.17. The van der Waals surface area contributed by atoms with Crippen molar-refractivity contribution in [3.05, 3.63) is 65.4 Å². The summed E-state index contributed by atoms with van der Waals surface area (Å²) in [5.74, 6) is 0.223. The minimum absolute atomic E-state index is 0.233. The summed E-state index contributed by atoms with van der Waals surface area (Å²) >= 11 is 0. The van der Waals surface area contributed by atoms with Crippen molar-refractivity contribution in [2.24, 2.45) is 0 Å². The third-order valence-electron chi connectivity index (χ3n) is 5.37. The Labute approximate surface area is 165 Å². The monoisotopic (exact) mass is 376 g/mol. The molecule has 2 aliphatic rings. The number of imide groups is 1. The maximum atomic E-state index is 13.4. The van der Waals surface area contributed by atoms with Crippen LogP contribution in [0.2, 0.25) is 0 Å². The Morgan fingerprint density at radius 1 is 0.893 bits per heavy atom. The lowest BCUT2D eigenvalue weighted by molar-refractivity contribution is -0.120. The maximum absolute atomic E-state index is 13.4. The highest BCUT2D eigenvalue weighted by Gasteiger charge is 2.42. The quantitative estimate of drug-likeness (QED) is 0.762. The van der Waals surface area contributed by atoms with Gasteiger partial charge in [-0.15, -0.1) is 0 Å². The average Bonchev–Trinajstić information content (AvgIpc) is 2.99. The van der Waals surface area contributed by atoms with Crippen LogP contribution in [-0.2, 0) is 9.59 Å². The lowest BCUT2D eigenvalue weighted by atomic mass is 10.0. The molecule has 5 heteroatoms. The van der Waals surface area contributed by atoms with Crippen LogP contribution in [0.15, 0.2) is 54.2 Å². The molecule has 0 aliphatic carbocycles. The van der Waals surface area contributed by atoms with Crippen LogP contribution in [0.5, 0.6) is 5.75 Å². The number of ether oxygens (including phenoxy) is 1. The molecule has 2 heterocycles. The van der Waals surface area contributed by atoms with E-state index in [4.69, 9.17) is 4.74 Å². The fourth-order valence-corrected chi connectivity index (χ4v) is 3.95. The van der Waals surface area contributed by atoms with Gasteiger partial charge in [-0.25, -0.2) is 4.90 Å². The first-order chi connectivity index (χ1) is 13.6. The second-order valence-electron chi connectivity index (χ2n) is 7.28. The van der Waals surface area contributed by atoms with Crippen LogP contribution in [-0.4, -0.2) is 36.9 Å². The fourth-order valence-electron chi connectivity index (χ4n) is 3.95. The van der Waals surface area contributed by atoms with Crippen molar-refractivity contribution in [2.75, 3.05) is 25.1 Å². The SMILES string of the molecule is COc1ccc(C2=C(N3CCCCC3)C(=O)N(c3cccc(C)c3)C2=O)cc1. The van der Waals surface area contributed by atoms with E-state index in [2.05, 4.69) is 4.90 Å². The Balaban J connectivity index is 1.81. The van der Waals surface area contributed by atoms with Gasteiger partial charge in [0, 0.05) is 13.1 Å². The zero-order chi connectivity index (χ0) is 19.7. The number of hydrogen-bond donors (Lipinski definition) is 0. The molecule has 0 saturated carbocycles. The van der Waals surface area contributed by atoms with Crippen molar-refractivity contribution < 1.29 is 14.3 Å². The Kier molecular flexibility index (Phi) is 4.90. The van der Waals surface area contributed by atoms with Crippen molar-refractivity contribution in [3.8, 4) is 5.75 Å². The van der Waals surface area contributed by atoms with E-state index in [-0.39, 0.29) is 11.8 Å². The van der Waals surface area contributed by atoms with Gasteiger partial charge >= 0.3 is 0 Å². The number of likely N-dealkylation sites (tertiary alicyclic amines) is 1. The van der Waals surface area contributed by atoms with E-state index in [1.807, 2.05) is 55.5 Å². The van der Waals surface area contributed by atoms with Gasteiger partial charge in [0.2, 0.25) is 0 Å². The first-order valence-electron chi connectivity index (χ1n) is 9.69. The number of anilines is 1. The molecule has 2 amide bonds. The number of rotatable bonds is 4. The standard InChI is InChI=1S/C23H24N2O3/c1-16-7-6-8-18(15-16)25-22(26)20(17-9-11-19(28-2)12-10-17)21(23(25)27)24-13-4-3-5-14-24/h6-12,15H,3-5,13-14H2,1-2H3. The smallest absolute Gasteiger partial charge is 0.282 e. The number of aryl methyl sites for hydroxylation is 1. The Bertz CT molecular complexity index is 941. The number of carbonyl (C=O) groups excluding carboxylic acids is 2. The van der Waals surface area contributed by atoms with Gasteiger partial charge in [0.15, 0.2) is 0 Å². The number of carbonyl (C=O) groups is 2. The fraction of sp³-hybridized carbons (Fsp3) is 0.304. The van der Waals surface area contributed by atoms with E-state index >= 15 is 0 Å². The minimum Gasteiger partial charge on any atom is -0.497 e. The molecule has 0 atom stereocenters. The van der Waals surface area contributed by atoms with Crippen molar-refractivity contribution in [3.63, 3.8) is 0 Å². The van der Waals surface area contributed by atoms with Crippen LogP contribution in [0.1, 0.15) is 30.4 Å². The van der Waals surface area contributed by atoms with Crippen molar-refractivity contribution in [1.29, 1.82) is 0 Å². The lowest BCUT2D eigenvalue weighted by Crippen LogP contribution is -2.37. The van der Waals surface area contributed by atoms with Crippen LogP contribution < -0.4 is 9.64 Å². The van der Waals surface area contributed by atoms with Gasteiger partial charge in [-0.05, 0) is 61.6 Å². The Morgan fingerprint density at radius 2 is 1.61 bits per heavy atom. The first kappa shape index (κ1) is 18.3. The van der Waals surface area contributed by atoms with Crippen LogP contribution in [0.3, 0.4) is 0 Å². The number of amides is 2. The molecule has 1 saturated heterocycles. The number of hydrogen-bond acceptors (Lipinski definition) is 4. The molecular weight excluding hydrogens is 352 g/mol. The molecule has 2 aromatic rings. The summed E-state index contributed by atoms with van der Waals surface area (Å²) in [6, 6.07) is 14.9. The van der Waals surface area contributed by atoms with Crippen LogP contribution in [0.4, 0.5) is 5.69 Å². The molecule has 0 unspecified atom stereocenters. The lowest BCUT2D eigenvalue weighted by Gasteiger charge is -2.29. The first-order valence-corrected chi connectivity index (χ1v) is 9.69. The molecule has 0 N–H and O–H groups in total. The topological polar surface area (TPSA) is 49.9 Å². The molecule has 28 heavy (non-hydrogen) atoms. The molecule has 0 spiro atoms. The van der Waals surface area contributed by atoms with Gasteiger partial charge in [-0.1, -0.05) is 24.3 Å². The molecule has 144 valence electrons. The van der Waals surface area contributed by atoms with Crippen LogP contribution in [0, 0.1) is 6.92 Å². The second-order valence-corrected chi connectivity index (χ2v) is 7.28. The summed E-state index contributed by atoms with van der Waals surface area (Å²) < 4.78 is 5.24. The molecule has 1 fully saturated rings. The Hall–Kier alpha value is -3.08. The zero-order valence-corrected chi connectivity index (χ0v) is 16.3. The average molecular weight is 376 g/mol. The largest absolute Gasteiger partial charge is 0.497 e. The highest BCUT2D eigenvalue weighted by atomic mass is 16.5. The molecule has 4 rings (SSSR count). The normalized spacial score (nSPS) is 17.5. The molecule has 0 radical (unpaired) electrons. The van der Waals surface area contributed by atoms with Crippen molar-refractivity contribution in [2.45, 2.75) is 26.2 Å². The predicted molar refractivity (Wildman–Crippen MR) is 109 cm³/mol. The Morgan fingerprint density at radius 3 is 2.25 bits per heavy atom. The molecule has 5 nitrogen and oxygen atoms in total. The van der Waals surface area contributed by atoms with Gasteiger partial charge < -0.3 is 9.64 Å². The van der Waals surface area contributed by atoms with E-state index in [0.717, 1.165) is 49.2 Å². The summed E-state index contributed by atoms with van der Waals surface area (Å²) in [4.78, 5) is 30.2. The van der Waals surface area contributed by atoms with Crippen molar-refractivity contribution in [1.82, 2.24) is 4.90 Å². The summed E-state index contributed by atoms with van der Waals surface area (Å²) in [7, 11) is 1.61. The molecule has 2 aliphatic heterocycles. The molecule has 0 aromatic heterocycles. The highest BCUT2D eigenvalue weighted by molar-refractivity contribution is 6.45. The molecule has 0 bridgehead atoms. The number of methoxy groups -OCH3 is 1. The minimum atomic E-state index is -0.263. The van der Waals surface area contributed by atoms with Gasteiger partial charge in [0.05, 0.1) is 18.4 Å². The molecular formula is C23H24N2O3. The van der Waals surface area contributed by atoms with Gasteiger partial charge in [0.1, 0.15) is 11.4 Å². The second kappa shape index (κ2) is 7.50. The van der Waals surface area contributed by atoms with Gasteiger partial charge in [-0.3, -0.25) is 9.59 Å². The zero-order valence-electron chi connectivity index (χ0n) is 16.3. The van der Waals surface area contributed by atoms with Crippen LogP contribution >= 0.6 is 0 Å². The predicted octanol–water partition coefficient (Wildman–Crippen LogP) is 3.77. The number of nitrogens with zero attached hydrogens (tertiary/aromatic N) is 2. The van der Waals surface area contributed by atoms with E-state index in [1.165, 1.54) is 4.90 Å². The number of benzene rings is 2. The van der Waals surface area contributed by atoms with E-state index in [9.17, 15) is 9.59 Å². The highest BCUT2D eigenvalue weighted by Crippen LogP contribution is 2.36. The maximum Gasteiger partial charge on any atom is 0.282 e. The van der Waals surface area contributed by atoms with Gasteiger partial charge in [0.25, 0.3) is 11.8 Å². The molecule has 2 aromatic carbocycles. The summed E-state index contributed by atoms with van der Waals surface area (Å²) in [5, 5.41) is 0. The van der Waals surface area contributed by atoms with E-state index in [1.54, 1.807) is 7.11 Å². The number of piperidine rings is 1. The van der Waals surface area contributed by atoms with E-state index < -0.39 is 0 Å². The third-order valence-corrected chi connectivity index (χ3v) is 5.37. The van der Waals surface area contributed by atoms with Crippen molar-refractivity contribution >= 4 is 23.1 Å².